The zero-order valence-electron chi connectivity index (χ0n) is 24.3. The maximum atomic E-state index is 13.9. The summed E-state index contributed by atoms with van der Waals surface area (Å²) in [6.45, 7) is 8.18. The number of hydrogen-bond acceptors (Lipinski definition) is 8. The minimum absolute atomic E-state index is 0.0321. The first-order valence-electron chi connectivity index (χ1n) is 14.5. The van der Waals surface area contributed by atoms with Gasteiger partial charge in [-0.3, -0.25) is 4.79 Å². The molecule has 0 aromatic carbocycles. The number of aromatic carboxylic acids is 1. The molecule has 3 aliphatic rings. The minimum Gasteiger partial charge on any atom is -0.477 e. The topological polar surface area (TPSA) is 120 Å². The molecule has 2 aliphatic heterocycles. The van der Waals surface area contributed by atoms with Crippen LogP contribution in [0.15, 0.2) is 29.3 Å². The van der Waals surface area contributed by atoms with E-state index in [4.69, 9.17) is 4.74 Å². The minimum atomic E-state index is -4.02. The number of carboxylic acid groups (broad SMARTS) is 1. The predicted molar refractivity (Wildman–Crippen MR) is 161 cm³/mol. The van der Waals surface area contributed by atoms with Gasteiger partial charge in [-0.25, -0.2) is 18.2 Å². The lowest BCUT2D eigenvalue weighted by molar-refractivity contribution is -0.121. The number of amides is 1. The molecule has 0 radical (unpaired) electrons. The normalized spacial score (nSPS) is 21.2. The lowest BCUT2D eigenvalue weighted by atomic mass is 9.82. The third-order valence-electron chi connectivity index (χ3n) is 7.92. The van der Waals surface area contributed by atoms with Crippen molar-refractivity contribution < 1.29 is 27.9 Å². The van der Waals surface area contributed by atoms with Gasteiger partial charge in [0.05, 0.1) is 36.4 Å². The highest BCUT2D eigenvalue weighted by Gasteiger charge is 2.44. The highest BCUT2D eigenvalue weighted by molar-refractivity contribution is 7.89. The molecule has 0 spiro atoms. The highest BCUT2D eigenvalue weighted by Crippen LogP contribution is 2.39. The molecule has 2 aromatic rings. The Balaban J connectivity index is 1.47. The van der Waals surface area contributed by atoms with Gasteiger partial charge in [-0.05, 0) is 57.7 Å². The molecule has 42 heavy (non-hydrogen) atoms. The number of sulfonamides is 1. The Morgan fingerprint density at radius 1 is 1.14 bits per heavy atom. The summed E-state index contributed by atoms with van der Waals surface area (Å²) in [5.41, 5.74) is 0.0309. The van der Waals surface area contributed by atoms with Gasteiger partial charge in [-0.2, -0.15) is 4.31 Å². The van der Waals surface area contributed by atoms with Gasteiger partial charge in [-0.1, -0.05) is 31.1 Å². The summed E-state index contributed by atoms with van der Waals surface area (Å²) in [6, 6.07) is 4.43. The summed E-state index contributed by atoms with van der Waals surface area (Å²) in [4.78, 5) is 34.8. The predicted octanol–water partition coefficient (Wildman–Crippen LogP) is 4.06. The van der Waals surface area contributed by atoms with Crippen LogP contribution in [0, 0.1) is 23.2 Å². The van der Waals surface area contributed by atoms with Crippen LogP contribution in [-0.2, 0) is 19.6 Å². The molecule has 1 saturated carbocycles. The number of nitrogens with zero attached hydrogens (tertiary/aromatic N) is 4. The van der Waals surface area contributed by atoms with Gasteiger partial charge in [0.15, 0.2) is 0 Å². The van der Waals surface area contributed by atoms with Crippen molar-refractivity contribution in [3.63, 3.8) is 0 Å². The molecule has 12 heteroatoms. The Morgan fingerprint density at radius 3 is 2.48 bits per heavy atom. The average Bonchev–Trinajstić information content (AvgIpc) is 3.40. The summed E-state index contributed by atoms with van der Waals surface area (Å²) in [7, 11) is -4.02. The molecule has 2 aromatic heterocycles. The number of pyridine rings is 1. The second-order valence-corrected chi connectivity index (χ2v) is 15.1. The van der Waals surface area contributed by atoms with Gasteiger partial charge in [0.1, 0.15) is 15.6 Å². The zero-order chi connectivity index (χ0) is 30.1. The van der Waals surface area contributed by atoms with E-state index in [9.17, 15) is 23.1 Å². The summed E-state index contributed by atoms with van der Waals surface area (Å²) >= 11 is 1.05. The molecular weight excluding hydrogens is 576 g/mol. The van der Waals surface area contributed by atoms with Crippen molar-refractivity contribution in [1.82, 2.24) is 9.29 Å². The number of carbonyl (C=O) groups excluding carboxylic acids is 1. The number of thiophene rings is 1. The number of rotatable bonds is 6. The van der Waals surface area contributed by atoms with E-state index in [2.05, 4.69) is 16.8 Å². The van der Waals surface area contributed by atoms with Gasteiger partial charge >= 0.3 is 5.97 Å². The van der Waals surface area contributed by atoms with E-state index >= 15 is 0 Å². The Labute approximate surface area is 251 Å². The molecule has 1 unspecified atom stereocenters. The molecule has 1 atom stereocenters. The third-order valence-corrected chi connectivity index (χ3v) is 10.7. The molecule has 3 fully saturated rings. The van der Waals surface area contributed by atoms with Crippen molar-refractivity contribution in [2.75, 3.05) is 49.2 Å². The Morgan fingerprint density at radius 2 is 1.86 bits per heavy atom. The van der Waals surface area contributed by atoms with Crippen molar-refractivity contribution >= 4 is 44.7 Å². The monoisotopic (exact) mass is 614 g/mol. The van der Waals surface area contributed by atoms with Gasteiger partial charge < -0.3 is 19.6 Å². The first kappa shape index (κ1) is 30.5. The number of carboxylic acids is 1. The number of ether oxygens (including phenoxy) is 1. The van der Waals surface area contributed by atoms with Crippen LogP contribution in [0.5, 0.6) is 0 Å². The van der Waals surface area contributed by atoms with Crippen molar-refractivity contribution in [3.05, 3.63) is 34.2 Å². The number of morpholine rings is 1. The molecule has 226 valence electrons. The summed E-state index contributed by atoms with van der Waals surface area (Å²) in [5, 5.41) is 10.1. The van der Waals surface area contributed by atoms with Crippen LogP contribution in [0.4, 0.5) is 11.5 Å². The summed E-state index contributed by atoms with van der Waals surface area (Å²) in [5.74, 6) is 5.38. The number of hydrogen-bond donors (Lipinski definition) is 1. The molecule has 10 nitrogen and oxygen atoms in total. The van der Waals surface area contributed by atoms with Crippen LogP contribution in [0.25, 0.3) is 0 Å². The Kier molecular flexibility index (Phi) is 8.94. The fourth-order valence-corrected chi connectivity index (χ4v) is 8.01. The van der Waals surface area contributed by atoms with E-state index in [1.807, 2.05) is 25.7 Å². The average molecular weight is 615 g/mol. The fourth-order valence-electron chi connectivity index (χ4n) is 5.82. The number of carbonyl (C=O) groups is 2. The van der Waals surface area contributed by atoms with E-state index in [1.165, 1.54) is 10.5 Å². The van der Waals surface area contributed by atoms with Crippen molar-refractivity contribution in [2.45, 2.75) is 63.8 Å². The first-order chi connectivity index (χ1) is 19.9. The number of anilines is 2. The summed E-state index contributed by atoms with van der Waals surface area (Å²) in [6.07, 6.45) is 6.11. The van der Waals surface area contributed by atoms with E-state index in [0.717, 1.165) is 43.4 Å². The Bertz CT molecular complexity index is 1470. The first-order valence-corrected chi connectivity index (χ1v) is 16.7. The van der Waals surface area contributed by atoms with Gasteiger partial charge in [0.2, 0.25) is 15.9 Å². The van der Waals surface area contributed by atoms with Crippen LogP contribution in [-0.4, -0.2) is 80.1 Å². The fraction of sp³-hybridized carbons (Fsp3) is 0.567. The lowest BCUT2D eigenvalue weighted by Gasteiger charge is -2.44. The van der Waals surface area contributed by atoms with Crippen molar-refractivity contribution in [2.24, 2.45) is 11.3 Å². The molecule has 2 saturated heterocycles. The van der Waals surface area contributed by atoms with Crippen molar-refractivity contribution in [1.29, 1.82) is 0 Å². The van der Waals surface area contributed by atoms with Crippen LogP contribution in [0.1, 0.15) is 67.4 Å². The van der Waals surface area contributed by atoms with E-state index in [-0.39, 0.29) is 34.2 Å². The van der Waals surface area contributed by atoms with Gasteiger partial charge in [0.25, 0.3) is 0 Å². The standard InChI is InChI=1S/C30H38N4O6S2/c1-30(2,3)12-11-22-17-24(28(41-22)29(36)37)34-25(21-7-5-4-6-8-21)19-33(20-27(34)35)42(38,39)23-9-10-26(31-18-23)32-13-15-40-16-14-32/h9-10,17-18,21,25H,4-8,13-16,19-20H2,1-3H3,(H,36,37). The van der Waals surface area contributed by atoms with E-state index in [0.29, 0.717) is 42.7 Å². The molecular formula is C30H38N4O6S2. The molecule has 5 rings (SSSR count). The quantitative estimate of drug-likeness (QED) is 0.484. The largest absolute Gasteiger partial charge is 0.477 e. The van der Waals surface area contributed by atoms with Crippen LogP contribution in [0.3, 0.4) is 0 Å². The van der Waals surface area contributed by atoms with Crippen molar-refractivity contribution in [3.8, 4) is 11.8 Å². The van der Waals surface area contributed by atoms with E-state index in [1.54, 1.807) is 23.1 Å². The van der Waals surface area contributed by atoms with Gasteiger partial charge in [0, 0.05) is 31.2 Å². The molecule has 1 amide bonds. The lowest BCUT2D eigenvalue weighted by Crippen LogP contribution is -2.60. The van der Waals surface area contributed by atoms with Crippen LogP contribution < -0.4 is 9.80 Å². The SMILES string of the molecule is CC(C)(C)C#Cc1cc(N2C(=O)CN(S(=O)(=O)c3ccc(N4CCOCC4)nc3)CC2C2CCCCC2)c(C(=O)O)s1. The number of piperazine rings is 1. The molecule has 4 heterocycles. The Hall–Kier alpha value is -2.98. The maximum absolute atomic E-state index is 13.9. The van der Waals surface area contributed by atoms with Crippen LogP contribution >= 0.6 is 11.3 Å². The van der Waals surface area contributed by atoms with Crippen LogP contribution in [0.2, 0.25) is 0 Å². The van der Waals surface area contributed by atoms with E-state index < -0.39 is 27.9 Å². The molecule has 1 aliphatic carbocycles. The third kappa shape index (κ3) is 6.64. The molecule has 1 N–H and O–H groups in total. The van der Waals surface area contributed by atoms with Gasteiger partial charge in [-0.15, -0.1) is 11.3 Å². The summed E-state index contributed by atoms with van der Waals surface area (Å²) < 4.78 is 34.3. The molecule has 0 bridgehead atoms. The second-order valence-electron chi connectivity index (χ2n) is 12.1. The zero-order valence-corrected chi connectivity index (χ0v) is 26.0. The highest BCUT2D eigenvalue weighted by atomic mass is 32.2. The number of aromatic nitrogens is 1. The smallest absolute Gasteiger partial charge is 0.348 e. The maximum Gasteiger partial charge on any atom is 0.348 e. The second kappa shape index (κ2) is 12.3.